The fraction of sp³-hybridized carbons (Fsp3) is 0.523. The Morgan fingerprint density at radius 3 is 1.74 bits per heavy atom. The molecule has 2 N–H and O–H groups in total. The molecule has 13 nitrogen and oxygen atoms in total. The van der Waals surface area contributed by atoms with Gasteiger partial charge in [-0.1, -0.05) is 42.5 Å². The zero-order valence-electron chi connectivity index (χ0n) is 35.0. The Bertz CT molecular complexity index is 1950. The number of rotatable bonds is 14. The van der Waals surface area contributed by atoms with Crippen molar-refractivity contribution in [2.75, 3.05) is 39.3 Å². The van der Waals surface area contributed by atoms with Crippen molar-refractivity contribution < 1.29 is 42.9 Å². The van der Waals surface area contributed by atoms with Gasteiger partial charge in [-0.3, -0.25) is 4.79 Å². The summed E-state index contributed by atoms with van der Waals surface area (Å²) in [6, 6.07) is 13.7. The maximum atomic E-state index is 13.6. The first-order chi connectivity index (χ1) is 26.7. The summed E-state index contributed by atoms with van der Waals surface area (Å²) in [6.07, 6.45) is 5.34. The number of unbranched alkanes of at least 4 members (excludes halogenated alkanes) is 1. The van der Waals surface area contributed by atoms with E-state index >= 15 is 0 Å². The molecule has 57 heavy (non-hydrogen) atoms. The number of benzene rings is 3. The molecule has 0 radical (unpaired) electrons. The van der Waals surface area contributed by atoms with Crippen LogP contribution in [0.3, 0.4) is 0 Å². The van der Waals surface area contributed by atoms with Gasteiger partial charge in [0.05, 0.1) is 0 Å². The monoisotopic (exact) mass is 788 g/mol. The van der Waals surface area contributed by atoms with Gasteiger partial charge >= 0.3 is 30.2 Å². The lowest BCUT2D eigenvalue weighted by molar-refractivity contribution is -0.154. The number of hydrogen-bond acceptors (Lipinski definition) is 9. The Kier molecular flexibility index (Phi) is 15.0. The van der Waals surface area contributed by atoms with E-state index in [1.54, 1.807) is 79.3 Å². The number of nitrogens with one attached hydrogen (secondary N) is 2. The third kappa shape index (κ3) is 14.3. The van der Waals surface area contributed by atoms with Crippen LogP contribution < -0.4 is 15.4 Å². The van der Waals surface area contributed by atoms with Gasteiger partial charge in [0.1, 0.15) is 22.6 Å². The minimum atomic E-state index is -1.02. The molecule has 0 unspecified atom stereocenters. The van der Waals surface area contributed by atoms with Crippen LogP contribution in [0.1, 0.15) is 99.1 Å². The van der Waals surface area contributed by atoms with E-state index in [-0.39, 0.29) is 25.4 Å². The van der Waals surface area contributed by atoms with Crippen molar-refractivity contribution in [2.45, 2.75) is 111 Å². The zero-order valence-corrected chi connectivity index (χ0v) is 35.0. The Morgan fingerprint density at radius 2 is 1.14 bits per heavy atom. The molecule has 3 aromatic rings. The fourth-order valence-electron chi connectivity index (χ4n) is 6.33. The lowest BCUT2D eigenvalue weighted by Gasteiger charge is -2.28. The molecule has 1 aliphatic rings. The van der Waals surface area contributed by atoms with Gasteiger partial charge in [0.15, 0.2) is 0 Å². The number of carbonyl (C=O) groups is 5. The normalized spacial score (nSPS) is 12.5. The molecule has 1 aliphatic carbocycles. The summed E-state index contributed by atoms with van der Waals surface area (Å²) >= 11 is 0. The van der Waals surface area contributed by atoms with E-state index in [0.717, 1.165) is 22.6 Å². The first-order valence-corrected chi connectivity index (χ1v) is 19.8. The van der Waals surface area contributed by atoms with Crippen molar-refractivity contribution in [3.63, 3.8) is 0 Å². The summed E-state index contributed by atoms with van der Waals surface area (Å²) in [5, 5.41) is 9.59. The number of alkyl carbamates (subject to hydrolysis) is 2. The smallest absolute Gasteiger partial charge is 0.410 e. The molecule has 0 heterocycles. The molecule has 4 rings (SSSR count). The fourth-order valence-corrected chi connectivity index (χ4v) is 6.33. The summed E-state index contributed by atoms with van der Waals surface area (Å²) in [6.45, 7) is 17.5. The predicted octanol–water partition coefficient (Wildman–Crippen LogP) is 8.14. The molecule has 310 valence electrons. The van der Waals surface area contributed by atoms with Gasteiger partial charge in [-0.05, 0) is 139 Å². The highest BCUT2D eigenvalue weighted by atomic mass is 16.6. The molecule has 3 aromatic carbocycles. The minimum absolute atomic E-state index is 0.165. The minimum Gasteiger partial charge on any atom is -0.444 e. The summed E-state index contributed by atoms with van der Waals surface area (Å²) in [5.74, 6) is -1.58. The maximum absolute atomic E-state index is 13.6. The molecular formula is C44H60N4O9. The van der Waals surface area contributed by atoms with Gasteiger partial charge in [0.2, 0.25) is 0 Å². The van der Waals surface area contributed by atoms with Crippen LogP contribution in [-0.4, -0.2) is 96.0 Å². The van der Waals surface area contributed by atoms with Crippen LogP contribution in [0, 0.1) is 0 Å². The van der Waals surface area contributed by atoms with Crippen LogP contribution in [0.15, 0.2) is 48.5 Å². The summed E-state index contributed by atoms with van der Waals surface area (Å²) in [7, 11) is 0. The highest BCUT2D eigenvalue weighted by Crippen LogP contribution is 2.34. The summed E-state index contributed by atoms with van der Waals surface area (Å²) < 4.78 is 21.9. The van der Waals surface area contributed by atoms with Crippen molar-refractivity contribution in [1.29, 1.82) is 0 Å². The van der Waals surface area contributed by atoms with E-state index in [0.29, 0.717) is 45.3 Å². The lowest BCUT2D eigenvalue weighted by atomic mass is 9.96. The first kappa shape index (κ1) is 44.4. The number of amides is 4. The lowest BCUT2D eigenvalue weighted by Crippen LogP contribution is -2.42. The van der Waals surface area contributed by atoms with Crippen LogP contribution in [0.4, 0.5) is 14.4 Å². The molecule has 0 spiro atoms. The highest BCUT2D eigenvalue weighted by molar-refractivity contribution is 6.33. The summed E-state index contributed by atoms with van der Waals surface area (Å²) in [5.41, 5.74) is 0.517. The van der Waals surface area contributed by atoms with Crippen LogP contribution in [0.2, 0.25) is 0 Å². The number of ether oxygens (including phenoxy) is 4. The van der Waals surface area contributed by atoms with Crippen LogP contribution in [0.25, 0.3) is 27.6 Å². The molecule has 0 saturated carbocycles. The molecule has 0 bridgehead atoms. The molecule has 4 amide bonds. The molecule has 0 saturated heterocycles. The van der Waals surface area contributed by atoms with Gasteiger partial charge in [0.25, 0.3) is 0 Å². The van der Waals surface area contributed by atoms with Gasteiger partial charge in [-0.15, -0.1) is 0 Å². The molecule has 0 aliphatic heterocycles. The predicted molar refractivity (Wildman–Crippen MR) is 221 cm³/mol. The Labute approximate surface area is 336 Å². The SMILES string of the molecule is CC(C)(C)OC(=O)NCCCN(CCCCN(CCCNC(=O)OC(C)(C)C)C(=O)C(=O)Oc1ccc2c(ccc3c4c(ccc32)C=CC4)c1)C(=O)OC(C)(C)C. The molecular weight excluding hydrogens is 729 g/mol. The zero-order chi connectivity index (χ0) is 42.0. The van der Waals surface area contributed by atoms with Gasteiger partial charge < -0.3 is 39.4 Å². The third-order valence-electron chi connectivity index (χ3n) is 8.73. The Balaban J connectivity index is 1.39. The van der Waals surface area contributed by atoms with Crippen molar-refractivity contribution in [3.8, 4) is 5.75 Å². The van der Waals surface area contributed by atoms with Crippen LogP contribution in [0.5, 0.6) is 5.75 Å². The second-order valence-electron chi connectivity index (χ2n) is 17.2. The van der Waals surface area contributed by atoms with Crippen molar-refractivity contribution in [2.24, 2.45) is 0 Å². The topological polar surface area (TPSA) is 153 Å². The van der Waals surface area contributed by atoms with E-state index in [9.17, 15) is 24.0 Å². The highest BCUT2D eigenvalue weighted by Gasteiger charge is 2.26. The van der Waals surface area contributed by atoms with Gasteiger partial charge in [-0.25, -0.2) is 19.2 Å². The molecule has 0 atom stereocenters. The van der Waals surface area contributed by atoms with E-state index in [4.69, 9.17) is 18.9 Å². The van der Waals surface area contributed by atoms with E-state index < -0.39 is 47.0 Å². The number of fused-ring (bicyclic) bond motifs is 5. The second-order valence-corrected chi connectivity index (χ2v) is 17.2. The van der Waals surface area contributed by atoms with Crippen molar-refractivity contribution in [3.05, 3.63) is 59.7 Å². The van der Waals surface area contributed by atoms with E-state index in [2.05, 4.69) is 41.0 Å². The Morgan fingerprint density at radius 1 is 0.614 bits per heavy atom. The van der Waals surface area contributed by atoms with Crippen LogP contribution in [-0.2, 0) is 30.2 Å². The van der Waals surface area contributed by atoms with Crippen molar-refractivity contribution in [1.82, 2.24) is 20.4 Å². The number of allylic oxidation sites excluding steroid dienone is 1. The molecule has 13 heteroatoms. The van der Waals surface area contributed by atoms with Crippen molar-refractivity contribution >= 4 is 57.8 Å². The largest absolute Gasteiger partial charge is 0.444 e. The average molecular weight is 789 g/mol. The second kappa shape index (κ2) is 19.2. The summed E-state index contributed by atoms with van der Waals surface area (Å²) in [4.78, 5) is 67.3. The number of nitrogens with zero attached hydrogens (tertiary/aromatic N) is 2. The molecule has 0 fully saturated rings. The van der Waals surface area contributed by atoms with Crippen LogP contribution >= 0.6 is 0 Å². The number of hydrogen-bond donors (Lipinski definition) is 2. The standard InChI is InChI=1S/C44H60N4O9/c1-42(2,3)55-39(51)45-23-13-27-47(25-10-11-26-48(41(53)57-44(7,8)9)28-14-24-46-40(52)56-43(4,5)6)37(49)38(50)54-32-19-22-34-31(29-32)18-21-35-33-16-12-15-30(33)17-20-36(34)35/h12,15,17-22,29H,10-11,13-14,16,23-28H2,1-9H3,(H,45,51)(H,46,52). The quantitative estimate of drug-likeness (QED) is 0.0412. The van der Waals surface area contributed by atoms with Gasteiger partial charge in [0, 0.05) is 39.3 Å². The number of esters is 1. The van der Waals surface area contributed by atoms with E-state index in [1.807, 2.05) is 12.1 Å². The molecule has 0 aromatic heterocycles. The maximum Gasteiger partial charge on any atom is 0.410 e. The third-order valence-corrected chi connectivity index (χ3v) is 8.73. The van der Waals surface area contributed by atoms with Gasteiger partial charge in [-0.2, -0.15) is 0 Å². The Hall–Kier alpha value is -5.33. The van der Waals surface area contributed by atoms with E-state index in [1.165, 1.54) is 21.4 Å². The average Bonchev–Trinajstić information content (AvgIpc) is 3.58. The first-order valence-electron chi connectivity index (χ1n) is 19.8. The number of carbonyl (C=O) groups excluding carboxylic acids is 5.